The molecule has 33 heavy (non-hydrogen) atoms. The number of hydrogen-bond acceptors (Lipinski definition) is 14. The van der Waals surface area contributed by atoms with Crippen LogP contribution in [0.15, 0.2) is 0 Å². The number of carboxylic acids is 2. The number of nitrogens with two attached hydrogens (primary N) is 1. The molecule has 0 amide bonds. The van der Waals surface area contributed by atoms with Gasteiger partial charge < -0.3 is 71.0 Å². The van der Waals surface area contributed by atoms with Crippen LogP contribution in [0.2, 0.25) is 0 Å². The third-order valence-electron chi connectivity index (χ3n) is 4.97. The lowest BCUT2D eigenvalue weighted by molar-refractivity contribution is -0.355. The van der Waals surface area contributed by atoms with E-state index in [9.17, 15) is 45.3 Å². The van der Waals surface area contributed by atoms with Crippen molar-refractivity contribution in [1.82, 2.24) is 0 Å². The highest BCUT2D eigenvalue weighted by molar-refractivity contribution is 5.74. The van der Waals surface area contributed by atoms with Crippen LogP contribution in [0.5, 0.6) is 0 Å². The van der Waals surface area contributed by atoms with E-state index in [-0.39, 0.29) is 12.8 Å². The summed E-state index contributed by atoms with van der Waals surface area (Å²) < 4.78 is 15.3. The maximum absolute atomic E-state index is 9.99. The SMILES string of the molecule is N[C@@H](CCC(=O)O)C(=O)O.OC[C@H]1O[C@@H](O[C@H]2[C@H](O)[C@@H](O)C(O)O[C@@H]2CO)[C@H](O)[C@@H](O)[C@H]1O. The standard InChI is InChI=1S/C12H22O11.C5H9NO4/c13-1-3-5(15)6(16)9(19)12(22-3)23-10-4(2-14)21-11(20)8(18)7(10)17;6-3(5(9)10)1-2-4(7)8/h3-20H,1-2H2;3H,1-2,6H2,(H,7,8)(H,9,10)/t3-,4-,5+,6+,7-,8-,9-,10-,11?,12+;3-/m10/s1. The fourth-order valence-corrected chi connectivity index (χ4v) is 2.97. The van der Waals surface area contributed by atoms with Gasteiger partial charge in [0.1, 0.15) is 54.9 Å². The van der Waals surface area contributed by atoms with Crippen molar-refractivity contribution in [3.63, 3.8) is 0 Å². The number of hydrogen-bond donors (Lipinski definition) is 11. The molecule has 2 aliphatic rings. The second-order valence-electron chi connectivity index (χ2n) is 7.40. The number of aliphatic hydroxyl groups is 8. The molecular weight excluding hydrogens is 458 g/mol. The van der Waals surface area contributed by atoms with Crippen molar-refractivity contribution in [2.24, 2.45) is 5.73 Å². The number of carboxylic acid groups (broad SMARTS) is 2. The van der Waals surface area contributed by atoms with E-state index in [2.05, 4.69) is 0 Å². The van der Waals surface area contributed by atoms with Gasteiger partial charge in [-0.25, -0.2) is 0 Å². The summed E-state index contributed by atoms with van der Waals surface area (Å²) in [6, 6.07) is -1.06. The number of ether oxygens (including phenoxy) is 3. The first-order valence-corrected chi connectivity index (χ1v) is 9.82. The summed E-state index contributed by atoms with van der Waals surface area (Å²) in [6.07, 6.45) is -15.8. The highest BCUT2D eigenvalue weighted by Gasteiger charge is 2.50. The molecule has 0 spiro atoms. The maximum Gasteiger partial charge on any atom is 0.320 e. The lowest BCUT2D eigenvalue weighted by atomic mass is 9.97. The van der Waals surface area contributed by atoms with Crippen LogP contribution in [-0.4, -0.2) is 144 Å². The van der Waals surface area contributed by atoms with Gasteiger partial charge in [-0.2, -0.15) is 0 Å². The molecule has 0 aromatic carbocycles. The molecule has 0 radical (unpaired) electrons. The van der Waals surface area contributed by atoms with Gasteiger partial charge in [-0.05, 0) is 6.42 Å². The monoisotopic (exact) mass is 489 g/mol. The van der Waals surface area contributed by atoms with Gasteiger partial charge in [0.25, 0.3) is 0 Å². The van der Waals surface area contributed by atoms with E-state index < -0.39 is 92.6 Å². The number of aliphatic carboxylic acids is 2. The van der Waals surface area contributed by atoms with Crippen molar-refractivity contribution >= 4 is 11.9 Å². The van der Waals surface area contributed by atoms with Crippen LogP contribution in [0.25, 0.3) is 0 Å². The largest absolute Gasteiger partial charge is 0.481 e. The van der Waals surface area contributed by atoms with Crippen molar-refractivity contribution < 1.29 is 74.9 Å². The molecule has 16 heteroatoms. The average Bonchev–Trinajstić information content (AvgIpc) is 2.77. The molecule has 1 unspecified atom stereocenters. The van der Waals surface area contributed by atoms with E-state index in [1.807, 2.05) is 0 Å². The highest BCUT2D eigenvalue weighted by Crippen LogP contribution is 2.28. The van der Waals surface area contributed by atoms with Gasteiger partial charge in [0.2, 0.25) is 0 Å². The van der Waals surface area contributed by atoms with Crippen LogP contribution in [0.1, 0.15) is 12.8 Å². The minimum absolute atomic E-state index is 0.0231. The van der Waals surface area contributed by atoms with Crippen LogP contribution in [0.4, 0.5) is 0 Å². The summed E-state index contributed by atoms with van der Waals surface area (Å²) in [7, 11) is 0. The molecule has 2 fully saturated rings. The third kappa shape index (κ3) is 8.02. The molecule has 194 valence electrons. The summed E-state index contributed by atoms with van der Waals surface area (Å²) >= 11 is 0. The number of rotatable bonds is 8. The van der Waals surface area contributed by atoms with E-state index in [0.29, 0.717) is 0 Å². The van der Waals surface area contributed by atoms with Crippen LogP contribution in [-0.2, 0) is 23.8 Å². The Morgan fingerprint density at radius 1 is 0.818 bits per heavy atom. The summed E-state index contributed by atoms with van der Waals surface area (Å²) in [5, 5.41) is 92.8. The summed E-state index contributed by atoms with van der Waals surface area (Å²) in [5.41, 5.74) is 5.00. The molecule has 0 aromatic heterocycles. The Kier molecular flexibility index (Phi) is 12.0. The van der Waals surface area contributed by atoms with Crippen molar-refractivity contribution in [3.8, 4) is 0 Å². The minimum atomic E-state index is -1.74. The van der Waals surface area contributed by atoms with Gasteiger partial charge in [-0.3, -0.25) is 9.59 Å². The first-order chi connectivity index (χ1) is 15.3. The zero-order valence-electron chi connectivity index (χ0n) is 17.3. The Hall–Kier alpha value is -1.54. The normalized spacial score (nSPS) is 39.8. The Morgan fingerprint density at radius 2 is 1.39 bits per heavy atom. The maximum atomic E-state index is 9.99. The molecule has 0 aliphatic carbocycles. The predicted molar refractivity (Wildman–Crippen MR) is 101 cm³/mol. The molecule has 2 heterocycles. The second kappa shape index (κ2) is 13.4. The molecule has 0 saturated carbocycles. The zero-order chi connectivity index (χ0) is 25.5. The van der Waals surface area contributed by atoms with E-state index in [1.54, 1.807) is 0 Å². The van der Waals surface area contributed by atoms with E-state index >= 15 is 0 Å². The van der Waals surface area contributed by atoms with Crippen molar-refractivity contribution in [2.75, 3.05) is 13.2 Å². The van der Waals surface area contributed by atoms with Crippen LogP contribution < -0.4 is 5.73 Å². The molecule has 16 nitrogen and oxygen atoms in total. The molecule has 12 N–H and O–H groups in total. The minimum Gasteiger partial charge on any atom is -0.481 e. The fourth-order valence-electron chi connectivity index (χ4n) is 2.97. The quantitative estimate of drug-likeness (QED) is 0.151. The van der Waals surface area contributed by atoms with Crippen molar-refractivity contribution in [1.29, 1.82) is 0 Å². The van der Waals surface area contributed by atoms with Gasteiger partial charge in [-0.15, -0.1) is 0 Å². The van der Waals surface area contributed by atoms with E-state index in [0.717, 1.165) is 0 Å². The summed E-state index contributed by atoms with van der Waals surface area (Å²) in [6.45, 7) is -1.35. The van der Waals surface area contributed by atoms with Gasteiger partial charge in [0.05, 0.1) is 13.2 Å². The summed E-state index contributed by atoms with van der Waals surface area (Å²) in [5.74, 6) is -2.20. The summed E-state index contributed by atoms with van der Waals surface area (Å²) in [4.78, 5) is 19.9. The Labute approximate surface area is 187 Å². The lowest BCUT2D eigenvalue weighted by Crippen LogP contribution is -2.64. The Bertz CT molecular complexity index is 619. The molecule has 0 bridgehead atoms. The number of carbonyl (C=O) groups is 2. The van der Waals surface area contributed by atoms with Crippen LogP contribution in [0, 0.1) is 0 Å². The van der Waals surface area contributed by atoms with Gasteiger partial charge in [0.15, 0.2) is 12.6 Å². The Balaban J connectivity index is 0.000000461. The molecular formula is C17H31NO15. The molecule has 0 aromatic rings. The number of aliphatic hydroxyl groups excluding tert-OH is 8. The smallest absolute Gasteiger partial charge is 0.320 e. The van der Waals surface area contributed by atoms with E-state index in [1.165, 1.54) is 0 Å². The highest BCUT2D eigenvalue weighted by atomic mass is 16.7. The predicted octanol–water partition coefficient (Wildman–Crippen LogP) is -6.13. The Morgan fingerprint density at radius 3 is 1.88 bits per heavy atom. The van der Waals surface area contributed by atoms with Crippen molar-refractivity contribution in [3.05, 3.63) is 0 Å². The third-order valence-corrected chi connectivity index (χ3v) is 4.97. The van der Waals surface area contributed by atoms with Gasteiger partial charge >= 0.3 is 11.9 Å². The first-order valence-electron chi connectivity index (χ1n) is 9.82. The zero-order valence-corrected chi connectivity index (χ0v) is 17.3. The topological polar surface area (TPSA) is 290 Å². The van der Waals surface area contributed by atoms with Gasteiger partial charge in [0, 0.05) is 6.42 Å². The molecule has 2 saturated heterocycles. The molecule has 2 aliphatic heterocycles. The van der Waals surface area contributed by atoms with E-state index in [4.69, 9.17) is 35.3 Å². The van der Waals surface area contributed by atoms with Gasteiger partial charge in [-0.1, -0.05) is 0 Å². The first kappa shape index (κ1) is 29.5. The molecule has 2 rings (SSSR count). The van der Waals surface area contributed by atoms with Crippen molar-refractivity contribution in [2.45, 2.75) is 80.3 Å². The second-order valence-corrected chi connectivity index (χ2v) is 7.40. The van der Waals surface area contributed by atoms with Crippen LogP contribution in [0.3, 0.4) is 0 Å². The fraction of sp³-hybridized carbons (Fsp3) is 0.882. The molecule has 11 atom stereocenters. The van der Waals surface area contributed by atoms with Crippen LogP contribution >= 0.6 is 0 Å². The lowest BCUT2D eigenvalue weighted by Gasteiger charge is -2.45. The average molecular weight is 489 g/mol.